The average Bonchev–Trinajstić information content (AvgIpc) is 1.68. The molecule has 0 aliphatic carbocycles. The summed E-state index contributed by atoms with van der Waals surface area (Å²) in [6.45, 7) is 2.62. The van der Waals surface area contributed by atoms with Crippen molar-refractivity contribution in [2.45, 2.75) is 6.92 Å². The average molecular weight is 114 g/mol. The van der Waals surface area contributed by atoms with Gasteiger partial charge in [0.1, 0.15) is 6.07 Å². The van der Waals surface area contributed by atoms with E-state index in [0.717, 1.165) is 6.54 Å². The second-order valence-corrected chi connectivity index (χ2v) is 1.38. The van der Waals surface area contributed by atoms with E-state index in [9.17, 15) is 0 Å². The van der Waals surface area contributed by atoms with Gasteiger partial charge in [-0.1, -0.05) is 0 Å². The minimum absolute atomic E-state index is 0.266. The lowest BCUT2D eigenvalue weighted by molar-refractivity contribution is 0.987. The third kappa shape index (κ3) is 3.20. The molecule has 0 fully saturated rings. The first kappa shape index (κ1) is 6.38. The third-order valence-electron chi connectivity index (χ3n) is 0.439. The van der Waals surface area contributed by atoms with Crippen LogP contribution in [0.1, 0.15) is 6.92 Å². The van der Waals surface area contributed by atoms with E-state index in [1.165, 1.54) is 0 Å². The van der Waals surface area contributed by atoms with Crippen molar-refractivity contribution < 1.29 is 0 Å². The molecule has 0 atom stereocenters. The molecule has 0 saturated carbocycles. The monoisotopic (exact) mass is 114 g/mol. The van der Waals surface area contributed by atoms with Crippen LogP contribution in [0, 0.1) is 11.3 Å². The molecule has 0 unspecified atom stereocenters. The zero-order chi connectivity index (χ0) is 5.70. The fraction of sp³-hybridized carbons (Fsp3) is 0.500. The molecule has 0 spiro atoms. The normalized spacial score (nSPS) is 6.86. The quantitative estimate of drug-likeness (QED) is 0.503. The molecule has 1 N–H and O–H groups in total. The van der Waals surface area contributed by atoms with Gasteiger partial charge in [0.05, 0.1) is 0 Å². The van der Waals surface area contributed by atoms with Crippen LogP contribution in [0.5, 0.6) is 0 Å². The first-order valence-electron chi connectivity index (χ1n) is 1.99. The lowest BCUT2D eigenvalue weighted by Gasteiger charge is -1.89. The van der Waals surface area contributed by atoms with Crippen molar-refractivity contribution in [3.63, 3.8) is 0 Å². The van der Waals surface area contributed by atoms with Crippen LogP contribution in [0.3, 0.4) is 0 Å². The van der Waals surface area contributed by atoms with Gasteiger partial charge in [-0.15, -0.1) is 0 Å². The second-order valence-electron chi connectivity index (χ2n) is 0.971. The minimum atomic E-state index is 0.266. The molecule has 38 valence electrons. The highest BCUT2D eigenvalue weighted by Crippen LogP contribution is 1.63. The van der Waals surface area contributed by atoms with Gasteiger partial charge >= 0.3 is 0 Å². The summed E-state index contributed by atoms with van der Waals surface area (Å²) in [4.78, 5) is 0.266. The molecule has 0 heterocycles. The van der Waals surface area contributed by atoms with E-state index in [-0.39, 0.29) is 4.99 Å². The van der Waals surface area contributed by atoms with E-state index < -0.39 is 0 Å². The van der Waals surface area contributed by atoms with Gasteiger partial charge in [-0.25, -0.2) is 0 Å². The molecule has 0 saturated heterocycles. The van der Waals surface area contributed by atoms with Gasteiger partial charge in [0.15, 0.2) is 4.99 Å². The maximum absolute atomic E-state index is 8.01. The number of thiocarbonyl (C=S) groups is 1. The van der Waals surface area contributed by atoms with Crippen molar-refractivity contribution in [3.8, 4) is 6.07 Å². The summed E-state index contributed by atoms with van der Waals surface area (Å²) in [6, 6.07) is 1.79. The van der Waals surface area contributed by atoms with Crippen LogP contribution in [-0.4, -0.2) is 11.5 Å². The number of nitrogens with zero attached hydrogens (tertiary/aromatic N) is 1. The van der Waals surface area contributed by atoms with Crippen molar-refractivity contribution in [3.05, 3.63) is 0 Å². The lowest BCUT2D eigenvalue weighted by Crippen LogP contribution is -2.17. The SMILES string of the molecule is CCNC(=S)C#N. The molecule has 0 rings (SSSR count). The largest absolute Gasteiger partial charge is 0.368 e. The molecule has 0 aliphatic heterocycles. The van der Waals surface area contributed by atoms with E-state index >= 15 is 0 Å². The predicted octanol–water partition coefficient (Wildman–Crippen LogP) is 0.447. The van der Waals surface area contributed by atoms with Crippen LogP contribution in [0.2, 0.25) is 0 Å². The zero-order valence-electron chi connectivity index (χ0n) is 4.06. The Balaban J connectivity index is 3.24. The summed E-state index contributed by atoms with van der Waals surface area (Å²) in [5.74, 6) is 0. The van der Waals surface area contributed by atoms with E-state index in [4.69, 9.17) is 5.26 Å². The van der Waals surface area contributed by atoms with Crippen molar-refractivity contribution in [1.29, 1.82) is 5.26 Å². The Labute approximate surface area is 48.1 Å². The third-order valence-corrected chi connectivity index (χ3v) is 0.675. The van der Waals surface area contributed by atoms with Gasteiger partial charge in [0.2, 0.25) is 0 Å². The Morgan fingerprint density at radius 3 is 2.71 bits per heavy atom. The van der Waals surface area contributed by atoms with E-state index in [1.54, 1.807) is 6.07 Å². The lowest BCUT2D eigenvalue weighted by atomic mass is 10.6. The van der Waals surface area contributed by atoms with Crippen molar-refractivity contribution in [2.75, 3.05) is 6.54 Å². The Bertz CT molecular complexity index is 103. The summed E-state index contributed by atoms with van der Waals surface area (Å²) in [5, 5.41) is 10.7. The molecule has 0 aliphatic rings. The highest BCUT2D eigenvalue weighted by molar-refractivity contribution is 7.80. The van der Waals surface area contributed by atoms with Crippen molar-refractivity contribution in [1.82, 2.24) is 5.32 Å². The fourth-order valence-electron chi connectivity index (χ4n) is 0.200. The first-order valence-corrected chi connectivity index (χ1v) is 2.40. The smallest absolute Gasteiger partial charge is 0.178 e. The van der Waals surface area contributed by atoms with Crippen molar-refractivity contribution >= 4 is 17.2 Å². The summed E-state index contributed by atoms with van der Waals surface area (Å²) in [5.41, 5.74) is 0. The highest BCUT2D eigenvalue weighted by atomic mass is 32.1. The molecular formula is C4H6N2S. The highest BCUT2D eigenvalue weighted by Gasteiger charge is 1.82. The predicted molar refractivity (Wildman–Crippen MR) is 31.9 cm³/mol. The Morgan fingerprint density at radius 1 is 2.00 bits per heavy atom. The van der Waals surface area contributed by atoms with Crippen molar-refractivity contribution in [2.24, 2.45) is 0 Å². The topological polar surface area (TPSA) is 35.8 Å². The maximum atomic E-state index is 8.01. The van der Waals surface area contributed by atoms with Gasteiger partial charge in [-0.3, -0.25) is 0 Å². The molecule has 2 nitrogen and oxygen atoms in total. The van der Waals surface area contributed by atoms with Gasteiger partial charge in [0, 0.05) is 6.54 Å². The number of hydrogen-bond acceptors (Lipinski definition) is 2. The number of hydrogen-bond donors (Lipinski definition) is 1. The zero-order valence-corrected chi connectivity index (χ0v) is 4.88. The molecule has 0 bridgehead atoms. The first-order chi connectivity index (χ1) is 3.31. The van der Waals surface area contributed by atoms with Gasteiger partial charge < -0.3 is 5.32 Å². The van der Waals surface area contributed by atoms with Crippen LogP contribution in [0.4, 0.5) is 0 Å². The second kappa shape index (κ2) is 3.57. The molecule has 0 amide bonds. The van der Waals surface area contributed by atoms with Gasteiger partial charge in [-0.05, 0) is 19.1 Å². The summed E-state index contributed by atoms with van der Waals surface area (Å²) in [6.07, 6.45) is 0. The summed E-state index contributed by atoms with van der Waals surface area (Å²) >= 11 is 4.48. The van der Waals surface area contributed by atoms with Crippen LogP contribution in [0.15, 0.2) is 0 Å². The van der Waals surface area contributed by atoms with E-state index in [0.29, 0.717) is 0 Å². The number of rotatable bonds is 1. The fourth-order valence-corrected chi connectivity index (χ4v) is 0.344. The molecular weight excluding hydrogens is 108 g/mol. The van der Waals surface area contributed by atoms with Crippen LogP contribution in [-0.2, 0) is 0 Å². The standard InChI is InChI=1S/C4H6N2S/c1-2-6-4(7)3-5/h2H2,1H3,(H,6,7). The van der Waals surface area contributed by atoms with Gasteiger partial charge in [0.25, 0.3) is 0 Å². The molecule has 0 radical (unpaired) electrons. The Hall–Kier alpha value is -0.620. The van der Waals surface area contributed by atoms with E-state index in [1.807, 2.05) is 6.92 Å². The molecule has 0 aromatic heterocycles. The van der Waals surface area contributed by atoms with Crippen LogP contribution < -0.4 is 5.32 Å². The minimum Gasteiger partial charge on any atom is -0.368 e. The van der Waals surface area contributed by atoms with Crippen LogP contribution >= 0.6 is 12.2 Å². The molecule has 7 heavy (non-hydrogen) atoms. The Kier molecular flexibility index (Phi) is 3.25. The maximum Gasteiger partial charge on any atom is 0.178 e. The number of nitrogens with one attached hydrogen (secondary N) is 1. The van der Waals surface area contributed by atoms with Crippen LogP contribution in [0.25, 0.3) is 0 Å². The molecule has 0 aromatic carbocycles. The summed E-state index contributed by atoms with van der Waals surface area (Å²) in [7, 11) is 0. The van der Waals surface area contributed by atoms with E-state index in [2.05, 4.69) is 17.5 Å². The Morgan fingerprint density at radius 2 is 2.57 bits per heavy atom. The van der Waals surface area contributed by atoms with Gasteiger partial charge in [-0.2, -0.15) is 5.26 Å². The molecule has 3 heteroatoms. The molecule has 0 aromatic rings. The summed E-state index contributed by atoms with van der Waals surface area (Å²) < 4.78 is 0. The number of nitriles is 1.